The van der Waals surface area contributed by atoms with Gasteiger partial charge in [-0.2, -0.15) is 0 Å². The lowest BCUT2D eigenvalue weighted by Gasteiger charge is -2.41. The minimum atomic E-state index is 0.217. The molecule has 4 nitrogen and oxygen atoms in total. The average Bonchev–Trinajstić information content (AvgIpc) is 2.59. The van der Waals surface area contributed by atoms with E-state index in [1.165, 1.54) is 11.1 Å². The van der Waals surface area contributed by atoms with Crippen LogP contribution < -0.4 is 0 Å². The van der Waals surface area contributed by atoms with E-state index in [4.69, 9.17) is 0 Å². The quantitative estimate of drug-likeness (QED) is 0.849. The van der Waals surface area contributed by atoms with Gasteiger partial charge in [0.1, 0.15) is 5.75 Å². The topological polar surface area (TPSA) is 46.9 Å². The van der Waals surface area contributed by atoms with Crippen molar-refractivity contribution in [1.29, 1.82) is 0 Å². The van der Waals surface area contributed by atoms with Gasteiger partial charge in [-0.05, 0) is 36.6 Å². The number of phenolic OH excluding ortho intramolecular Hbond substituents is 1. The third kappa shape index (κ3) is 5.05. The first-order valence-corrected chi connectivity index (χ1v) is 9.05. The third-order valence-electron chi connectivity index (χ3n) is 4.97. The van der Waals surface area contributed by atoms with Crippen LogP contribution in [0.25, 0.3) is 0 Å². The van der Waals surface area contributed by atoms with E-state index in [-0.39, 0.29) is 6.61 Å². The molecule has 0 spiro atoms. The average molecular weight is 340 g/mol. The molecule has 1 aliphatic heterocycles. The van der Waals surface area contributed by atoms with Gasteiger partial charge in [-0.1, -0.05) is 42.0 Å². The lowest BCUT2D eigenvalue weighted by Crippen LogP contribution is -2.52. The Morgan fingerprint density at radius 2 is 1.80 bits per heavy atom. The number of aliphatic hydroxyl groups is 1. The van der Waals surface area contributed by atoms with Crippen molar-refractivity contribution in [2.75, 3.05) is 26.2 Å². The molecule has 1 fully saturated rings. The van der Waals surface area contributed by atoms with Crippen molar-refractivity contribution in [2.24, 2.45) is 0 Å². The predicted molar refractivity (Wildman–Crippen MR) is 100 cm³/mol. The van der Waals surface area contributed by atoms with Crippen LogP contribution in [0.3, 0.4) is 0 Å². The second-order valence-electron chi connectivity index (χ2n) is 7.03. The van der Waals surface area contributed by atoms with Gasteiger partial charge in [0.15, 0.2) is 0 Å². The summed E-state index contributed by atoms with van der Waals surface area (Å²) >= 11 is 0. The van der Waals surface area contributed by atoms with Crippen LogP contribution in [0.5, 0.6) is 5.75 Å². The summed E-state index contributed by atoms with van der Waals surface area (Å²) in [7, 11) is 0. The van der Waals surface area contributed by atoms with Crippen molar-refractivity contribution in [3.63, 3.8) is 0 Å². The highest BCUT2D eigenvalue weighted by atomic mass is 16.3. The Bertz CT molecular complexity index is 672. The Labute approximate surface area is 150 Å². The Morgan fingerprint density at radius 1 is 1.00 bits per heavy atom. The number of piperazine rings is 1. The van der Waals surface area contributed by atoms with E-state index in [1.54, 1.807) is 6.07 Å². The number of hydrogen-bond acceptors (Lipinski definition) is 4. The fourth-order valence-corrected chi connectivity index (χ4v) is 3.57. The summed E-state index contributed by atoms with van der Waals surface area (Å²) in [4.78, 5) is 4.90. The van der Waals surface area contributed by atoms with E-state index in [9.17, 15) is 10.2 Å². The largest absolute Gasteiger partial charge is 0.508 e. The molecule has 0 saturated carbocycles. The van der Waals surface area contributed by atoms with Crippen LogP contribution in [0, 0.1) is 6.92 Å². The molecular weight excluding hydrogens is 312 g/mol. The highest BCUT2D eigenvalue weighted by Gasteiger charge is 2.26. The second kappa shape index (κ2) is 8.48. The fourth-order valence-electron chi connectivity index (χ4n) is 3.57. The normalized spacial score (nSPS) is 19.2. The van der Waals surface area contributed by atoms with Gasteiger partial charge in [-0.3, -0.25) is 9.80 Å². The zero-order valence-electron chi connectivity index (χ0n) is 14.9. The number of benzene rings is 2. The van der Waals surface area contributed by atoms with Gasteiger partial charge in [0.05, 0.1) is 0 Å². The lowest BCUT2D eigenvalue weighted by molar-refractivity contribution is 0.0499. The zero-order valence-corrected chi connectivity index (χ0v) is 14.9. The zero-order chi connectivity index (χ0) is 17.6. The van der Waals surface area contributed by atoms with Gasteiger partial charge in [-0.25, -0.2) is 0 Å². The van der Waals surface area contributed by atoms with Crippen LogP contribution in [0.4, 0.5) is 0 Å². The smallest absolute Gasteiger partial charge is 0.115 e. The van der Waals surface area contributed by atoms with Crippen LogP contribution in [-0.2, 0) is 13.1 Å². The number of nitrogens with zero attached hydrogens (tertiary/aromatic N) is 2. The van der Waals surface area contributed by atoms with Gasteiger partial charge in [-0.15, -0.1) is 0 Å². The van der Waals surface area contributed by atoms with Crippen molar-refractivity contribution in [1.82, 2.24) is 9.80 Å². The van der Waals surface area contributed by atoms with Crippen LogP contribution in [0.2, 0.25) is 0 Å². The van der Waals surface area contributed by atoms with Crippen molar-refractivity contribution in [3.05, 3.63) is 65.2 Å². The first kappa shape index (κ1) is 17.9. The molecule has 25 heavy (non-hydrogen) atoms. The maximum absolute atomic E-state index is 9.64. The number of aryl methyl sites for hydroxylation is 1. The summed E-state index contributed by atoms with van der Waals surface area (Å²) in [5.74, 6) is 0.322. The monoisotopic (exact) mass is 340 g/mol. The molecule has 4 heteroatoms. The molecule has 2 N–H and O–H groups in total. The maximum Gasteiger partial charge on any atom is 0.115 e. The Kier molecular flexibility index (Phi) is 6.08. The number of rotatable bonds is 6. The molecule has 0 amide bonds. The van der Waals surface area contributed by atoms with Gasteiger partial charge < -0.3 is 10.2 Å². The molecule has 3 rings (SSSR count). The molecule has 2 aromatic carbocycles. The van der Waals surface area contributed by atoms with Gasteiger partial charge in [0, 0.05) is 45.4 Å². The predicted octanol–water partition coefficient (Wildman–Crippen LogP) is 2.77. The van der Waals surface area contributed by atoms with Gasteiger partial charge in [0.25, 0.3) is 0 Å². The molecule has 0 aromatic heterocycles. The van der Waals surface area contributed by atoms with Crippen LogP contribution in [-0.4, -0.2) is 52.3 Å². The summed E-state index contributed by atoms with van der Waals surface area (Å²) in [5.41, 5.74) is 3.75. The van der Waals surface area contributed by atoms with Crippen LogP contribution >= 0.6 is 0 Å². The summed E-state index contributed by atoms with van der Waals surface area (Å²) in [5, 5.41) is 19.1. The summed E-state index contributed by atoms with van der Waals surface area (Å²) in [6.07, 6.45) is 0.794. The lowest BCUT2D eigenvalue weighted by atomic mass is 10.1. The number of aromatic hydroxyl groups is 1. The molecule has 0 aliphatic carbocycles. The third-order valence-corrected chi connectivity index (χ3v) is 4.97. The molecular formula is C21H28N2O2. The van der Waals surface area contributed by atoms with E-state index in [1.807, 2.05) is 12.1 Å². The number of phenols is 1. The minimum absolute atomic E-state index is 0.217. The molecule has 1 atom stereocenters. The summed E-state index contributed by atoms with van der Waals surface area (Å²) in [6.45, 7) is 7.05. The molecule has 134 valence electrons. The number of hydrogen-bond donors (Lipinski definition) is 2. The first-order chi connectivity index (χ1) is 12.1. The van der Waals surface area contributed by atoms with E-state index in [0.29, 0.717) is 11.8 Å². The van der Waals surface area contributed by atoms with Crippen LogP contribution in [0.1, 0.15) is 23.1 Å². The van der Waals surface area contributed by atoms with Crippen LogP contribution in [0.15, 0.2) is 48.5 Å². The van der Waals surface area contributed by atoms with E-state index in [0.717, 1.165) is 44.7 Å². The van der Waals surface area contributed by atoms with Gasteiger partial charge >= 0.3 is 0 Å². The molecule has 0 radical (unpaired) electrons. The summed E-state index contributed by atoms with van der Waals surface area (Å²) in [6, 6.07) is 16.6. The van der Waals surface area contributed by atoms with E-state index >= 15 is 0 Å². The minimum Gasteiger partial charge on any atom is -0.508 e. The molecule has 1 saturated heterocycles. The molecule has 0 bridgehead atoms. The highest BCUT2D eigenvalue weighted by molar-refractivity contribution is 5.27. The van der Waals surface area contributed by atoms with Crippen molar-refractivity contribution >= 4 is 0 Å². The SMILES string of the molecule is Cc1ccc(CN2CCN(Cc3cccc(O)c3)C[C@H]2CCO)cc1. The summed E-state index contributed by atoms with van der Waals surface area (Å²) < 4.78 is 0. The molecule has 1 aliphatic rings. The fraction of sp³-hybridized carbons (Fsp3) is 0.429. The molecule has 0 unspecified atom stereocenters. The second-order valence-corrected chi connectivity index (χ2v) is 7.03. The van der Waals surface area contributed by atoms with Crippen molar-refractivity contribution in [2.45, 2.75) is 32.5 Å². The Morgan fingerprint density at radius 3 is 2.52 bits per heavy atom. The molecule has 1 heterocycles. The van der Waals surface area contributed by atoms with Crippen molar-refractivity contribution in [3.8, 4) is 5.75 Å². The Hall–Kier alpha value is -1.88. The first-order valence-electron chi connectivity index (χ1n) is 9.05. The molecule has 2 aromatic rings. The van der Waals surface area contributed by atoms with Crippen molar-refractivity contribution < 1.29 is 10.2 Å². The highest BCUT2D eigenvalue weighted by Crippen LogP contribution is 2.20. The van der Waals surface area contributed by atoms with E-state index in [2.05, 4.69) is 47.1 Å². The Balaban J connectivity index is 1.62. The van der Waals surface area contributed by atoms with Gasteiger partial charge in [0.2, 0.25) is 0 Å². The van der Waals surface area contributed by atoms with E-state index < -0.39 is 0 Å². The number of aliphatic hydroxyl groups excluding tert-OH is 1. The maximum atomic E-state index is 9.64. The standard InChI is InChI=1S/C21H28N2O2/c1-17-5-7-18(8-6-17)15-23-11-10-22(16-20(23)9-12-24)14-19-3-2-4-21(25)13-19/h2-8,13,20,24-25H,9-12,14-16H2,1H3/t20-/m1/s1.